The normalized spacial score (nSPS) is 17.4. The van der Waals surface area contributed by atoms with Gasteiger partial charge in [-0.1, -0.05) is 30.3 Å². The Kier molecular flexibility index (Phi) is 9.84. The summed E-state index contributed by atoms with van der Waals surface area (Å²) in [4.78, 5) is 20.1. The second-order valence-electron chi connectivity index (χ2n) is 9.22. The SMILES string of the molecule is CCOc1cc(N2CCOCC2)c(OCC)cc1NC(=O)CN1CCCN(Cc2ccccc2)CC1. The zero-order valence-electron chi connectivity index (χ0n) is 21.7. The molecule has 1 N–H and O–H groups in total. The van der Waals surface area contributed by atoms with Crippen LogP contribution in [0.5, 0.6) is 11.5 Å². The first-order chi connectivity index (χ1) is 17.7. The van der Waals surface area contributed by atoms with Crippen molar-refractivity contribution < 1.29 is 19.0 Å². The zero-order valence-corrected chi connectivity index (χ0v) is 21.7. The van der Waals surface area contributed by atoms with Gasteiger partial charge in [0.15, 0.2) is 0 Å². The molecule has 0 aliphatic carbocycles. The van der Waals surface area contributed by atoms with E-state index in [0.717, 1.165) is 63.7 Å². The number of morpholine rings is 1. The highest BCUT2D eigenvalue weighted by Gasteiger charge is 2.22. The van der Waals surface area contributed by atoms with Crippen molar-refractivity contribution in [2.24, 2.45) is 0 Å². The van der Waals surface area contributed by atoms with Gasteiger partial charge in [0.05, 0.1) is 44.3 Å². The molecule has 1 amide bonds. The molecule has 2 fully saturated rings. The summed E-state index contributed by atoms with van der Waals surface area (Å²) in [6.07, 6.45) is 1.05. The van der Waals surface area contributed by atoms with Crippen LogP contribution in [-0.2, 0) is 16.1 Å². The van der Waals surface area contributed by atoms with Crippen LogP contribution < -0.4 is 19.7 Å². The first-order valence-electron chi connectivity index (χ1n) is 13.2. The predicted molar refractivity (Wildman–Crippen MR) is 143 cm³/mol. The molecule has 0 aromatic heterocycles. The van der Waals surface area contributed by atoms with Gasteiger partial charge in [-0.15, -0.1) is 0 Å². The molecular weight excluding hydrogens is 456 g/mol. The highest BCUT2D eigenvalue weighted by atomic mass is 16.5. The molecule has 0 saturated carbocycles. The smallest absolute Gasteiger partial charge is 0.238 e. The quantitative estimate of drug-likeness (QED) is 0.540. The Morgan fingerprint density at radius 3 is 2.33 bits per heavy atom. The van der Waals surface area contributed by atoms with Gasteiger partial charge in [-0.2, -0.15) is 0 Å². The molecule has 8 heteroatoms. The van der Waals surface area contributed by atoms with Crippen molar-refractivity contribution in [3.8, 4) is 11.5 Å². The highest BCUT2D eigenvalue weighted by Crippen LogP contribution is 2.39. The van der Waals surface area contributed by atoms with Crippen LogP contribution in [-0.4, -0.2) is 87.9 Å². The lowest BCUT2D eigenvalue weighted by molar-refractivity contribution is -0.117. The Bertz CT molecular complexity index is 966. The van der Waals surface area contributed by atoms with E-state index in [1.807, 2.05) is 26.0 Å². The minimum atomic E-state index is -0.0333. The summed E-state index contributed by atoms with van der Waals surface area (Å²) in [7, 11) is 0. The third-order valence-corrected chi connectivity index (χ3v) is 6.58. The van der Waals surface area contributed by atoms with Crippen molar-refractivity contribution in [1.82, 2.24) is 9.80 Å². The first-order valence-corrected chi connectivity index (χ1v) is 13.2. The van der Waals surface area contributed by atoms with Crippen molar-refractivity contribution in [1.29, 1.82) is 0 Å². The molecule has 36 heavy (non-hydrogen) atoms. The second kappa shape index (κ2) is 13.5. The monoisotopic (exact) mass is 496 g/mol. The van der Waals surface area contributed by atoms with E-state index in [1.54, 1.807) is 0 Å². The lowest BCUT2D eigenvalue weighted by Crippen LogP contribution is -2.37. The van der Waals surface area contributed by atoms with Gasteiger partial charge in [0, 0.05) is 44.9 Å². The van der Waals surface area contributed by atoms with Crippen LogP contribution in [0.25, 0.3) is 0 Å². The number of ether oxygens (including phenoxy) is 3. The molecule has 0 radical (unpaired) electrons. The molecule has 4 rings (SSSR count). The van der Waals surface area contributed by atoms with Gasteiger partial charge in [0.2, 0.25) is 5.91 Å². The molecule has 2 heterocycles. The molecule has 0 unspecified atom stereocenters. The molecule has 2 saturated heterocycles. The minimum Gasteiger partial charge on any atom is -0.492 e. The second-order valence-corrected chi connectivity index (χ2v) is 9.22. The largest absolute Gasteiger partial charge is 0.492 e. The van der Waals surface area contributed by atoms with E-state index in [-0.39, 0.29) is 5.91 Å². The van der Waals surface area contributed by atoms with Gasteiger partial charge < -0.3 is 24.4 Å². The van der Waals surface area contributed by atoms with E-state index in [1.165, 1.54) is 5.56 Å². The zero-order chi connectivity index (χ0) is 25.2. The topological polar surface area (TPSA) is 66.5 Å². The Balaban J connectivity index is 1.39. The number of anilines is 2. The number of rotatable bonds is 10. The molecule has 8 nitrogen and oxygen atoms in total. The summed E-state index contributed by atoms with van der Waals surface area (Å²) in [5.41, 5.74) is 2.97. The van der Waals surface area contributed by atoms with Gasteiger partial charge in [-0.3, -0.25) is 14.6 Å². The maximum absolute atomic E-state index is 13.1. The molecule has 196 valence electrons. The summed E-state index contributed by atoms with van der Waals surface area (Å²) in [5, 5.41) is 3.10. The van der Waals surface area contributed by atoms with Crippen LogP contribution in [0.3, 0.4) is 0 Å². The summed E-state index contributed by atoms with van der Waals surface area (Å²) < 4.78 is 17.4. The van der Waals surface area contributed by atoms with Crippen molar-refractivity contribution in [2.75, 3.05) is 82.5 Å². The molecule has 0 atom stereocenters. The highest BCUT2D eigenvalue weighted by molar-refractivity contribution is 5.94. The van der Waals surface area contributed by atoms with E-state index in [4.69, 9.17) is 14.2 Å². The molecule has 2 aromatic rings. The number of amides is 1. The van der Waals surface area contributed by atoms with Crippen LogP contribution in [0.2, 0.25) is 0 Å². The van der Waals surface area contributed by atoms with Crippen molar-refractivity contribution in [2.45, 2.75) is 26.8 Å². The van der Waals surface area contributed by atoms with E-state index in [0.29, 0.717) is 44.4 Å². The maximum Gasteiger partial charge on any atom is 0.238 e. The summed E-state index contributed by atoms with van der Waals surface area (Å²) in [6, 6.07) is 14.5. The Hall–Kier alpha value is -2.81. The van der Waals surface area contributed by atoms with E-state index >= 15 is 0 Å². The molecule has 0 bridgehead atoms. The van der Waals surface area contributed by atoms with Crippen LogP contribution in [0.15, 0.2) is 42.5 Å². The number of nitrogens with one attached hydrogen (secondary N) is 1. The average molecular weight is 497 g/mol. The molecular formula is C28H40N4O4. The van der Waals surface area contributed by atoms with Crippen molar-refractivity contribution in [3.63, 3.8) is 0 Å². The van der Waals surface area contributed by atoms with Gasteiger partial charge in [-0.25, -0.2) is 0 Å². The fourth-order valence-corrected chi connectivity index (χ4v) is 4.82. The third kappa shape index (κ3) is 7.35. The molecule has 2 aliphatic rings. The molecule has 0 spiro atoms. The molecule has 2 aromatic carbocycles. The van der Waals surface area contributed by atoms with Gasteiger partial charge >= 0.3 is 0 Å². The Labute approximate surface area is 215 Å². The lowest BCUT2D eigenvalue weighted by atomic mass is 10.2. The predicted octanol–water partition coefficient (Wildman–Crippen LogP) is 3.47. The van der Waals surface area contributed by atoms with Crippen LogP contribution in [0.4, 0.5) is 11.4 Å². The van der Waals surface area contributed by atoms with Gasteiger partial charge in [0.1, 0.15) is 11.5 Å². The molecule has 2 aliphatic heterocycles. The summed E-state index contributed by atoms with van der Waals surface area (Å²) >= 11 is 0. The number of carbonyl (C=O) groups is 1. The fourth-order valence-electron chi connectivity index (χ4n) is 4.82. The fraction of sp³-hybridized carbons (Fsp3) is 0.536. The van der Waals surface area contributed by atoms with Crippen LogP contribution >= 0.6 is 0 Å². The van der Waals surface area contributed by atoms with E-state index < -0.39 is 0 Å². The van der Waals surface area contributed by atoms with Crippen molar-refractivity contribution >= 4 is 17.3 Å². The first kappa shape index (κ1) is 26.3. The number of nitrogens with zero attached hydrogens (tertiary/aromatic N) is 3. The van der Waals surface area contributed by atoms with Crippen molar-refractivity contribution in [3.05, 3.63) is 48.0 Å². The summed E-state index contributed by atoms with van der Waals surface area (Å²) in [5.74, 6) is 1.39. The summed E-state index contributed by atoms with van der Waals surface area (Å²) in [6.45, 7) is 13.1. The van der Waals surface area contributed by atoms with E-state index in [2.05, 4.69) is 50.3 Å². The van der Waals surface area contributed by atoms with Gasteiger partial charge in [-0.05, 0) is 38.9 Å². The van der Waals surface area contributed by atoms with Crippen LogP contribution in [0, 0.1) is 0 Å². The third-order valence-electron chi connectivity index (χ3n) is 6.58. The van der Waals surface area contributed by atoms with E-state index in [9.17, 15) is 4.79 Å². The minimum absolute atomic E-state index is 0.0333. The number of carbonyl (C=O) groups excluding carboxylic acids is 1. The van der Waals surface area contributed by atoms with Gasteiger partial charge in [0.25, 0.3) is 0 Å². The number of benzene rings is 2. The Morgan fingerprint density at radius 1 is 0.889 bits per heavy atom. The number of hydrogen-bond acceptors (Lipinski definition) is 7. The lowest BCUT2D eigenvalue weighted by Gasteiger charge is -2.31. The van der Waals surface area contributed by atoms with Crippen LogP contribution in [0.1, 0.15) is 25.8 Å². The average Bonchev–Trinajstić information content (AvgIpc) is 3.11. The maximum atomic E-state index is 13.1. The Morgan fingerprint density at radius 2 is 1.58 bits per heavy atom. The standard InChI is InChI=1S/C28H40N4O4/c1-3-35-26-20-25(32-15-17-34-18-16-32)27(36-4-2)19-24(26)29-28(33)22-31-12-8-11-30(13-14-31)21-23-9-6-5-7-10-23/h5-7,9-10,19-20H,3-4,8,11-18,21-22H2,1-2H3,(H,29,33). The number of hydrogen-bond donors (Lipinski definition) is 1.